The Kier molecular flexibility index (Phi) is 4.09. The normalized spacial score (nSPS) is 10.5. The number of aryl methyl sites for hydroxylation is 1. The van der Waals surface area contributed by atoms with Crippen molar-refractivity contribution in [1.82, 2.24) is 15.0 Å². The van der Waals surface area contributed by atoms with E-state index in [1.54, 1.807) is 6.33 Å². The third-order valence-corrected chi connectivity index (χ3v) is 2.49. The zero-order valence-corrected chi connectivity index (χ0v) is 10.1. The number of para-hydroxylation sites is 2. The lowest BCUT2D eigenvalue weighted by Gasteiger charge is -2.05. The van der Waals surface area contributed by atoms with E-state index in [9.17, 15) is 9.59 Å². The minimum atomic E-state index is -1.14. The smallest absolute Gasteiger partial charge is 0.332 e. The summed E-state index contributed by atoms with van der Waals surface area (Å²) >= 11 is 0. The van der Waals surface area contributed by atoms with Gasteiger partial charge in [-0.15, -0.1) is 0 Å². The predicted molar refractivity (Wildman–Crippen MR) is 66.1 cm³/mol. The summed E-state index contributed by atoms with van der Waals surface area (Å²) in [5.74, 6) is -1.51. The van der Waals surface area contributed by atoms with Crippen molar-refractivity contribution in [3.8, 4) is 0 Å². The van der Waals surface area contributed by atoms with Crippen LogP contribution in [0, 0.1) is 0 Å². The molecule has 7 heteroatoms. The summed E-state index contributed by atoms with van der Waals surface area (Å²) in [6.45, 7) is -0.109. The van der Waals surface area contributed by atoms with Crippen LogP contribution in [0.2, 0.25) is 0 Å². The van der Waals surface area contributed by atoms with E-state index in [2.05, 4.69) is 15.3 Å². The number of fused-ring (bicyclic) bond motifs is 1. The van der Waals surface area contributed by atoms with Crippen LogP contribution in [0.4, 0.5) is 0 Å². The van der Waals surface area contributed by atoms with E-state index in [0.29, 0.717) is 6.54 Å². The number of nitrogens with one attached hydrogen (secondary N) is 1. The van der Waals surface area contributed by atoms with Gasteiger partial charge in [-0.3, -0.25) is 9.63 Å². The minimum absolute atomic E-state index is 0.181. The zero-order chi connectivity index (χ0) is 13.7. The predicted octanol–water partition coefficient (Wildman–Crippen LogP) is 0.559. The lowest BCUT2D eigenvalue weighted by molar-refractivity contribution is -0.149. The molecule has 2 aromatic rings. The molecule has 19 heavy (non-hydrogen) atoms. The van der Waals surface area contributed by atoms with E-state index in [4.69, 9.17) is 5.11 Å². The highest BCUT2D eigenvalue weighted by atomic mass is 16.7. The molecule has 0 saturated carbocycles. The number of hydrogen-bond acceptors (Lipinski definition) is 4. The highest BCUT2D eigenvalue weighted by Gasteiger charge is 2.06. The number of benzene rings is 1. The fourth-order valence-corrected chi connectivity index (χ4v) is 1.64. The molecular formula is C12H13N3O4. The van der Waals surface area contributed by atoms with Crippen molar-refractivity contribution in [3.05, 3.63) is 30.6 Å². The van der Waals surface area contributed by atoms with Gasteiger partial charge in [-0.1, -0.05) is 12.1 Å². The van der Waals surface area contributed by atoms with Gasteiger partial charge in [0.05, 0.1) is 17.4 Å². The average molecular weight is 263 g/mol. The van der Waals surface area contributed by atoms with E-state index in [-0.39, 0.29) is 12.3 Å². The Bertz CT molecular complexity index is 593. The Hall–Kier alpha value is -2.41. The number of hydroxylamine groups is 1. The lowest BCUT2D eigenvalue weighted by atomic mass is 10.3. The monoisotopic (exact) mass is 263 g/mol. The first kappa shape index (κ1) is 13.0. The van der Waals surface area contributed by atoms with Gasteiger partial charge in [0.1, 0.15) is 0 Å². The van der Waals surface area contributed by atoms with Gasteiger partial charge in [0.25, 0.3) is 0 Å². The number of carboxylic acid groups (broad SMARTS) is 1. The molecule has 0 fully saturated rings. The third-order valence-electron chi connectivity index (χ3n) is 2.49. The molecule has 0 spiro atoms. The van der Waals surface area contributed by atoms with Crippen LogP contribution >= 0.6 is 0 Å². The van der Waals surface area contributed by atoms with Crippen molar-refractivity contribution in [1.29, 1.82) is 0 Å². The van der Waals surface area contributed by atoms with Crippen LogP contribution in [-0.2, 0) is 21.0 Å². The third kappa shape index (κ3) is 3.52. The summed E-state index contributed by atoms with van der Waals surface area (Å²) in [5, 5.41) is 8.34. The molecule has 100 valence electrons. The Labute approximate surface area is 108 Å². The van der Waals surface area contributed by atoms with E-state index in [1.165, 1.54) is 0 Å². The Morgan fingerprint density at radius 3 is 2.95 bits per heavy atom. The molecule has 0 aliphatic rings. The van der Waals surface area contributed by atoms with Gasteiger partial charge in [0.2, 0.25) is 5.91 Å². The molecule has 2 rings (SSSR count). The Balaban J connectivity index is 1.85. The van der Waals surface area contributed by atoms with E-state index in [1.807, 2.05) is 28.8 Å². The van der Waals surface area contributed by atoms with Gasteiger partial charge < -0.3 is 9.67 Å². The first-order valence-electron chi connectivity index (χ1n) is 5.69. The van der Waals surface area contributed by atoms with Crippen LogP contribution in [-0.4, -0.2) is 33.1 Å². The number of amides is 1. The maximum atomic E-state index is 11.4. The molecule has 0 unspecified atom stereocenters. The molecule has 1 amide bonds. The molecular weight excluding hydrogens is 250 g/mol. The van der Waals surface area contributed by atoms with Crippen molar-refractivity contribution in [2.24, 2.45) is 0 Å². The van der Waals surface area contributed by atoms with Gasteiger partial charge >= 0.3 is 5.97 Å². The van der Waals surface area contributed by atoms with Gasteiger partial charge in [-0.05, 0) is 12.1 Å². The van der Waals surface area contributed by atoms with Gasteiger partial charge in [-0.25, -0.2) is 15.3 Å². The Morgan fingerprint density at radius 2 is 2.16 bits per heavy atom. The van der Waals surface area contributed by atoms with Gasteiger partial charge in [0, 0.05) is 13.0 Å². The van der Waals surface area contributed by atoms with Crippen molar-refractivity contribution in [2.75, 3.05) is 6.61 Å². The van der Waals surface area contributed by atoms with Crippen LogP contribution in [0.5, 0.6) is 0 Å². The highest BCUT2D eigenvalue weighted by Crippen LogP contribution is 2.11. The zero-order valence-electron chi connectivity index (χ0n) is 10.1. The number of carbonyl (C=O) groups is 2. The number of imidazole rings is 1. The van der Waals surface area contributed by atoms with Crippen molar-refractivity contribution in [2.45, 2.75) is 13.0 Å². The van der Waals surface area contributed by atoms with Crippen LogP contribution in [0.25, 0.3) is 11.0 Å². The SMILES string of the molecule is O=C(O)CONC(=O)CCn1cnc2ccccc21. The maximum absolute atomic E-state index is 11.4. The quantitative estimate of drug-likeness (QED) is 0.743. The number of aliphatic carboxylic acids is 1. The van der Waals surface area contributed by atoms with Crippen molar-refractivity contribution < 1.29 is 19.5 Å². The van der Waals surface area contributed by atoms with Crippen LogP contribution < -0.4 is 5.48 Å². The molecule has 7 nitrogen and oxygen atoms in total. The lowest BCUT2D eigenvalue weighted by Crippen LogP contribution is -2.27. The second-order valence-corrected chi connectivity index (χ2v) is 3.88. The first-order valence-corrected chi connectivity index (χ1v) is 5.69. The highest BCUT2D eigenvalue weighted by molar-refractivity contribution is 5.77. The van der Waals surface area contributed by atoms with E-state index < -0.39 is 12.6 Å². The molecule has 0 aliphatic carbocycles. The molecule has 0 saturated heterocycles. The van der Waals surface area contributed by atoms with Gasteiger partial charge in [-0.2, -0.15) is 0 Å². The largest absolute Gasteiger partial charge is 0.479 e. The number of hydrogen-bond donors (Lipinski definition) is 2. The summed E-state index contributed by atoms with van der Waals surface area (Å²) in [5.41, 5.74) is 3.88. The minimum Gasteiger partial charge on any atom is -0.479 e. The topological polar surface area (TPSA) is 93.5 Å². The molecule has 0 bridgehead atoms. The van der Waals surface area contributed by atoms with Crippen molar-refractivity contribution >= 4 is 22.9 Å². The first-order chi connectivity index (χ1) is 9.16. The standard InChI is InChI=1S/C12H13N3O4/c16-11(14-19-7-12(17)18)5-6-15-8-13-9-3-1-2-4-10(9)15/h1-4,8H,5-7H2,(H,14,16)(H,17,18). The summed E-state index contributed by atoms with van der Waals surface area (Å²) in [6.07, 6.45) is 1.84. The molecule has 1 aromatic heterocycles. The van der Waals surface area contributed by atoms with Crippen LogP contribution in [0.3, 0.4) is 0 Å². The fourth-order valence-electron chi connectivity index (χ4n) is 1.64. The summed E-state index contributed by atoms with van der Waals surface area (Å²) in [7, 11) is 0. The summed E-state index contributed by atoms with van der Waals surface area (Å²) in [4.78, 5) is 30.3. The number of carbonyl (C=O) groups excluding carboxylic acids is 1. The number of nitrogens with zero attached hydrogens (tertiary/aromatic N) is 2. The number of rotatable bonds is 6. The second kappa shape index (κ2) is 5.96. The maximum Gasteiger partial charge on any atom is 0.332 e. The Morgan fingerprint density at radius 1 is 1.37 bits per heavy atom. The molecule has 0 aliphatic heterocycles. The molecule has 0 atom stereocenters. The molecule has 1 heterocycles. The van der Waals surface area contributed by atoms with Crippen LogP contribution in [0.1, 0.15) is 6.42 Å². The second-order valence-electron chi connectivity index (χ2n) is 3.88. The average Bonchev–Trinajstić information content (AvgIpc) is 2.79. The summed E-state index contributed by atoms with van der Waals surface area (Å²) in [6, 6.07) is 7.60. The van der Waals surface area contributed by atoms with Crippen molar-refractivity contribution in [3.63, 3.8) is 0 Å². The van der Waals surface area contributed by atoms with Crippen LogP contribution in [0.15, 0.2) is 30.6 Å². The number of aromatic nitrogens is 2. The summed E-state index contributed by atoms with van der Waals surface area (Å²) < 4.78 is 1.85. The fraction of sp³-hybridized carbons (Fsp3) is 0.250. The number of carboxylic acids is 1. The molecule has 1 aromatic carbocycles. The molecule has 2 N–H and O–H groups in total. The van der Waals surface area contributed by atoms with Gasteiger partial charge in [0.15, 0.2) is 6.61 Å². The molecule has 0 radical (unpaired) electrons. The van der Waals surface area contributed by atoms with E-state index in [0.717, 1.165) is 11.0 Å². The van der Waals surface area contributed by atoms with E-state index >= 15 is 0 Å².